The summed E-state index contributed by atoms with van der Waals surface area (Å²) in [6, 6.07) is 9.59. The number of nitrogens with two attached hydrogens (primary N) is 1. The largest absolute Gasteiger partial charge is 0.481 e. The van der Waals surface area contributed by atoms with E-state index in [0.29, 0.717) is 11.3 Å². The molecule has 86 valence electrons. The molecule has 1 aromatic carbocycles. The van der Waals surface area contributed by atoms with E-state index in [1.54, 1.807) is 18.2 Å². The van der Waals surface area contributed by atoms with E-state index in [1.807, 2.05) is 36.4 Å². The Morgan fingerprint density at radius 1 is 1.29 bits per heavy atom. The average Bonchev–Trinajstić information content (AvgIpc) is 2.30. The first kappa shape index (κ1) is 11.2. The molecule has 3 nitrogen and oxygen atoms in total. The third kappa shape index (κ3) is 2.64. The number of carbonyl (C=O) groups is 1. The summed E-state index contributed by atoms with van der Waals surface area (Å²) in [5, 5.41) is 9.11. The van der Waals surface area contributed by atoms with Crippen LogP contribution in [0.4, 0.5) is 0 Å². The van der Waals surface area contributed by atoms with Gasteiger partial charge in [-0.2, -0.15) is 0 Å². The van der Waals surface area contributed by atoms with Gasteiger partial charge in [0.05, 0.1) is 0 Å². The van der Waals surface area contributed by atoms with Crippen molar-refractivity contribution >= 4 is 12.0 Å². The number of allylic oxidation sites excluding steroid dienone is 2. The molecule has 1 aliphatic carbocycles. The lowest BCUT2D eigenvalue weighted by molar-refractivity contribution is -0.138. The number of rotatable bonds is 2. The second-order valence-corrected chi connectivity index (χ2v) is 3.87. The lowest BCUT2D eigenvalue weighted by Crippen LogP contribution is -2.16. The van der Waals surface area contributed by atoms with Crippen molar-refractivity contribution < 1.29 is 9.90 Å². The first-order chi connectivity index (χ1) is 8.16. The van der Waals surface area contributed by atoms with Gasteiger partial charge in [-0.05, 0) is 23.3 Å². The summed E-state index contributed by atoms with van der Waals surface area (Å²) >= 11 is 0. The molecule has 0 heterocycles. The molecule has 0 aliphatic heterocycles. The fourth-order valence-corrected chi connectivity index (χ4v) is 1.75. The Morgan fingerprint density at radius 3 is 2.65 bits per heavy atom. The standard InChI is InChI=1S/C14H13NO2/c15-12-6-7-13(14(16)17)11(9-12)8-10-4-2-1-3-5-10/h1-9,13H,15H2,(H,16,17). The van der Waals surface area contributed by atoms with E-state index in [4.69, 9.17) is 10.8 Å². The molecule has 0 saturated carbocycles. The molecule has 3 N–H and O–H groups in total. The van der Waals surface area contributed by atoms with Gasteiger partial charge in [-0.15, -0.1) is 0 Å². The minimum absolute atomic E-state index is 0.574. The molecule has 0 radical (unpaired) electrons. The highest BCUT2D eigenvalue weighted by Gasteiger charge is 2.20. The Labute approximate surface area is 99.6 Å². The zero-order chi connectivity index (χ0) is 12.3. The summed E-state index contributed by atoms with van der Waals surface area (Å²) < 4.78 is 0. The Balaban J connectivity index is 2.38. The van der Waals surface area contributed by atoms with Crippen LogP contribution in [0.1, 0.15) is 5.56 Å². The number of carboxylic acid groups (broad SMARTS) is 1. The molecule has 2 rings (SSSR count). The monoisotopic (exact) mass is 227 g/mol. The topological polar surface area (TPSA) is 63.3 Å². The number of hydrogen-bond acceptors (Lipinski definition) is 2. The SMILES string of the molecule is NC1=CC(=Cc2ccccc2)C(C(=O)O)C=C1. The van der Waals surface area contributed by atoms with E-state index < -0.39 is 11.9 Å². The van der Waals surface area contributed by atoms with Crippen LogP contribution in [0.15, 0.2) is 59.8 Å². The summed E-state index contributed by atoms with van der Waals surface area (Å²) in [4.78, 5) is 11.1. The van der Waals surface area contributed by atoms with E-state index in [9.17, 15) is 4.79 Å². The second kappa shape index (κ2) is 4.70. The summed E-state index contributed by atoms with van der Waals surface area (Å²) in [5.74, 6) is -1.49. The van der Waals surface area contributed by atoms with Gasteiger partial charge in [-0.1, -0.05) is 42.5 Å². The highest BCUT2D eigenvalue weighted by molar-refractivity contribution is 5.80. The first-order valence-electron chi connectivity index (χ1n) is 5.31. The molecule has 0 bridgehead atoms. The fraction of sp³-hybridized carbons (Fsp3) is 0.0714. The Morgan fingerprint density at radius 2 is 2.00 bits per heavy atom. The molecular weight excluding hydrogens is 214 g/mol. The summed E-state index contributed by atoms with van der Waals surface area (Å²) in [7, 11) is 0. The molecule has 1 atom stereocenters. The normalized spacial score (nSPS) is 21.3. The van der Waals surface area contributed by atoms with Crippen molar-refractivity contribution in [1.29, 1.82) is 0 Å². The van der Waals surface area contributed by atoms with Gasteiger partial charge in [-0.3, -0.25) is 4.79 Å². The average molecular weight is 227 g/mol. The van der Waals surface area contributed by atoms with Crippen LogP contribution in [0.25, 0.3) is 6.08 Å². The maximum Gasteiger partial charge on any atom is 0.314 e. The van der Waals surface area contributed by atoms with Gasteiger partial charge in [-0.25, -0.2) is 0 Å². The van der Waals surface area contributed by atoms with Crippen LogP contribution in [0.3, 0.4) is 0 Å². The van der Waals surface area contributed by atoms with E-state index >= 15 is 0 Å². The molecule has 0 spiro atoms. The fourth-order valence-electron chi connectivity index (χ4n) is 1.75. The van der Waals surface area contributed by atoms with Crippen LogP contribution in [0.2, 0.25) is 0 Å². The highest BCUT2D eigenvalue weighted by Crippen LogP contribution is 2.23. The van der Waals surface area contributed by atoms with Gasteiger partial charge in [0.15, 0.2) is 0 Å². The van der Waals surface area contributed by atoms with Gasteiger partial charge in [0.1, 0.15) is 5.92 Å². The number of aliphatic carboxylic acids is 1. The molecule has 1 aromatic rings. The van der Waals surface area contributed by atoms with Crippen molar-refractivity contribution in [1.82, 2.24) is 0 Å². The Bertz CT molecular complexity index is 512. The lowest BCUT2D eigenvalue weighted by Gasteiger charge is -2.14. The van der Waals surface area contributed by atoms with Gasteiger partial charge < -0.3 is 10.8 Å². The minimum atomic E-state index is -0.868. The van der Waals surface area contributed by atoms with Crippen LogP contribution in [-0.4, -0.2) is 11.1 Å². The summed E-state index contributed by atoms with van der Waals surface area (Å²) in [6.45, 7) is 0. The third-order valence-electron chi connectivity index (χ3n) is 2.57. The highest BCUT2D eigenvalue weighted by atomic mass is 16.4. The van der Waals surface area contributed by atoms with Gasteiger partial charge in [0, 0.05) is 5.70 Å². The van der Waals surface area contributed by atoms with Crippen molar-refractivity contribution in [3.63, 3.8) is 0 Å². The van der Waals surface area contributed by atoms with Crippen LogP contribution in [-0.2, 0) is 4.79 Å². The Hall–Kier alpha value is -2.29. The third-order valence-corrected chi connectivity index (χ3v) is 2.57. The summed E-state index contributed by atoms with van der Waals surface area (Å²) in [6.07, 6.45) is 6.77. The molecular formula is C14H13NO2. The molecule has 0 amide bonds. The van der Waals surface area contributed by atoms with Crippen molar-refractivity contribution in [2.45, 2.75) is 0 Å². The summed E-state index contributed by atoms with van der Waals surface area (Å²) in [5.41, 5.74) is 7.92. The lowest BCUT2D eigenvalue weighted by atomic mass is 9.92. The van der Waals surface area contributed by atoms with Crippen LogP contribution < -0.4 is 5.73 Å². The molecule has 0 fully saturated rings. The predicted molar refractivity (Wildman–Crippen MR) is 67.0 cm³/mol. The van der Waals surface area contributed by atoms with E-state index in [2.05, 4.69) is 0 Å². The van der Waals surface area contributed by atoms with Crippen molar-refractivity contribution in [2.75, 3.05) is 0 Å². The molecule has 3 heteroatoms. The van der Waals surface area contributed by atoms with E-state index in [-0.39, 0.29) is 0 Å². The number of benzene rings is 1. The van der Waals surface area contributed by atoms with E-state index in [0.717, 1.165) is 5.56 Å². The van der Waals surface area contributed by atoms with Crippen molar-refractivity contribution in [3.05, 3.63) is 65.4 Å². The number of carboxylic acids is 1. The predicted octanol–water partition coefficient (Wildman–Crippen LogP) is 2.18. The van der Waals surface area contributed by atoms with Crippen LogP contribution >= 0.6 is 0 Å². The maximum absolute atomic E-state index is 11.1. The van der Waals surface area contributed by atoms with Gasteiger partial charge >= 0.3 is 5.97 Å². The molecule has 17 heavy (non-hydrogen) atoms. The molecule has 0 aromatic heterocycles. The Kier molecular flexibility index (Phi) is 3.10. The zero-order valence-corrected chi connectivity index (χ0v) is 9.21. The van der Waals surface area contributed by atoms with Crippen LogP contribution in [0.5, 0.6) is 0 Å². The van der Waals surface area contributed by atoms with Crippen molar-refractivity contribution in [3.8, 4) is 0 Å². The van der Waals surface area contributed by atoms with Gasteiger partial charge in [0.2, 0.25) is 0 Å². The molecule has 1 unspecified atom stereocenters. The first-order valence-corrected chi connectivity index (χ1v) is 5.31. The minimum Gasteiger partial charge on any atom is -0.481 e. The zero-order valence-electron chi connectivity index (χ0n) is 9.21. The smallest absolute Gasteiger partial charge is 0.314 e. The quantitative estimate of drug-likeness (QED) is 0.814. The molecule has 0 saturated heterocycles. The van der Waals surface area contributed by atoms with E-state index in [1.165, 1.54) is 0 Å². The van der Waals surface area contributed by atoms with Gasteiger partial charge in [0.25, 0.3) is 0 Å². The van der Waals surface area contributed by atoms with Crippen molar-refractivity contribution in [2.24, 2.45) is 11.7 Å². The molecule has 1 aliphatic rings. The number of hydrogen-bond donors (Lipinski definition) is 2. The maximum atomic E-state index is 11.1. The van der Waals surface area contributed by atoms with Crippen LogP contribution in [0, 0.1) is 5.92 Å². The second-order valence-electron chi connectivity index (χ2n) is 3.87.